The first kappa shape index (κ1) is 29.9. The summed E-state index contributed by atoms with van der Waals surface area (Å²) in [6, 6.07) is 8.03. The number of likely N-dealkylation sites (tertiary alicyclic amines) is 1. The van der Waals surface area contributed by atoms with Crippen LogP contribution in [0.25, 0.3) is 6.08 Å². The van der Waals surface area contributed by atoms with Gasteiger partial charge in [-0.15, -0.1) is 0 Å². The number of carbonyl (C=O) groups is 1. The average molecular weight is 572 g/mol. The van der Waals surface area contributed by atoms with Gasteiger partial charge in [-0.25, -0.2) is 16.8 Å². The molecule has 1 fully saturated rings. The third-order valence-corrected chi connectivity index (χ3v) is 12.1. The van der Waals surface area contributed by atoms with E-state index in [0.29, 0.717) is 24.5 Å². The second-order valence-electron chi connectivity index (χ2n) is 10.2. The van der Waals surface area contributed by atoms with Crippen LogP contribution in [0.1, 0.15) is 62.0 Å². The predicted octanol–water partition coefficient (Wildman–Crippen LogP) is 5.64. The summed E-state index contributed by atoms with van der Waals surface area (Å²) in [7, 11) is -7.66. The summed E-state index contributed by atoms with van der Waals surface area (Å²) < 4.78 is 90.0. The molecule has 0 bridgehead atoms. The van der Waals surface area contributed by atoms with Gasteiger partial charge in [0.1, 0.15) is 0 Å². The van der Waals surface area contributed by atoms with Crippen LogP contribution in [0.2, 0.25) is 0 Å². The number of hydrogen-bond acceptors (Lipinski definition) is 5. The molecule has 208 valence electrons. The Kier molecular flexibility index (Phi) is 8.25. The summed E-state index contributed by atoms with van der Waals surface area (Å²) in [6.07, 6.45) is -2.58. The van der Waals surface area contributed by atoms with Crippen molar-refractivity contribution in [1.29, 1.82) is 0 Å². The summed E-state index contributed by atoms with van der Waals surface area (Å²) in [4.78, 5) is 14.6. The van der Waals surface area contributed by atoms with E-state index in [1.807, 2.05) is 0 Å². The van der Waals surface area contributed by atoms with Crippen LogP contribution in [-0.4, -0.2) is 50.7 Å². The van der Waals surface area contributed by atoms with E-state index in [9.17, 15) is 34.8 Å². The van der Waals surface area contributed by atoms with Crippen LogP contribution in [-0.2, 0) is 25.9 Å². The molecule has 3 rings (SSSR count). The summed E-state index contributed by atoms with van der Waals surface area (Å²) in [6.45, 7) is 10.4. The maximum atomic E-state index is 13.4. The predicted molar refractivity (Wildman–Crippen MR) is 140 cm³/mol. The molecule has 0 atom stereocenters. The molecule has 0 radical (unpaired) electrons. The molecule has 38 heavy (non-hydrogen) atoms. The number of piperidine rings is 1. The highest BCUT2D eigenvalue weighted by Crippen LogP contribution is 2.40. The first-order valence-electron chi connectivity index (χ1n) is 12.2. The monoisotopic (exact) mass is 571 g/mol. The molecule has 0 aromatic heterocycles. The van der Waals surface area contributed by atoms with Crippen molar-refractivity contribution in [2.45, 2.75) is 66.5 Å². The van der Waals surface area contributed by atoms with Crippen LogP contribution >= 0.6 is 0 Å². The molecule has 0 saturated carbocycles. The summed E-state index contributed by atoms with van der Waals surface area (Å²) in [5.41, 5.74) is -0.358. The highest BCUT2D eigenvalue weighted by atomic mass is 32.2. The Morgan fingerprint density at radius 3 is 2.13 bits per heavy atom. The molecule has 0 N–H and O–H groups in total. The molecule has 1 aliphatic rings. The lowest BCUT2D eigenvalue weighted by Gasteiger charge is -2.40. The molecule has 1 aliphatic heterocycles. The summed E-state index contributed by atoms with van der Waals surface area (Å²) in [5, 5.41) is -0.628. The SMILES string of the molecule is C=Cc1cc(S(=O)(=O)C(C)C)ccc1C(=O)N1CCC(C(C)(C)S(=O)(=O)c2cccc(C(F)(F)F)c2)CC1. The summed E-state index contributed by atoms with van der Waals surface area (Å²) >= 11 is 0. The second kappa shape index (κ2) is 10.5. The Labute approximate surface area is 222 Å². The number of sulfone groups is 2. The lowest BCUT2D eigenvalue weighted by Crippen LogP contribution is -2.47. The van der Waals surface area contributed by atoms with E-state index in [1.165, 1.54) is 44.2 Å². The van der Waals surface area contributed by atoms with Gasteiger partial charge in [0, 0.05) is 18.7 Å². The molecule has 1 saturated heterocycles. The lowest BCUT2D eigenvalue weighted by molar-refractivity contribution is -0.137. The van der Waals surface area contributed by atoms with Gasteiger partial charge in [0.2, 0.25) is 0 Å². The zero-order chi connectivity index (χ0) is 28.7. The van der Waals surface area contributed by atoms with Crippen LogP contribution in [0.4, 0.5) is 13.2 Å². The van der Waals surface area contributed by atoms with Crippen molar-refractivity contribution in [2.75, 3.05) is 13.1 Å². The molecule has 1 amide bonds. The third kappa shape index (κ3) is 5.54. The largest absolute Gasteiger partial charge is 0.416 e. The normalized spacial score (nSPS) is 16.1. The highest BCUT2D eigenvalue weighted by molar-refractivity contribution is 7.93. The lowest BCUT2D eigenvalue weighted by atomic mass is 9.85. The van der Waals surface area contributed by atoms with Gasteiger partial charge in [0.25, 0.3) is 5.91 Å². The van der Waals surface area contributed by atoms with E-state index in [1.54, 1.807) is 18.7 Å². The number of carbonyl (C=O) groups excluding carboxylic acids is 1. The first-order valence-corrected chi connectivity index (χ1v) is 15.2. The molecule has 0 aliphatic carbocycles. The van der Waals surface area contributed by atoms with Crippen LogP contribution in [0.5, 0.6) is 0 Å². The van der Waals surface area contributed by atoms with E-state index in [-0.39, 0.29) is 34.4 Å². The Morgan fingerprint density at radius 2 is 1.61 bits per heavy atom. The van der Waals surface area contributed by atoms with Crippen LogP contribution in [0, 0.1) is 5.92 Å². The number of hydrogen-bond donors (Lipinski definition) is 0. The smallest absolute Gasteiger partial charge is 0.339 e. The van der Waals surface area contributed by atoms with Crippen molar-refractivity contribution >= 4 is 31.7 Å². The molecule has 0 unspecified atom stereocenters. The van der Waals surface area contributed by atoms with Gasteiger partial charge in [-0.1, -0.05) is 18.7 Å². The standard InChI is InChI=1S/C27H32F3NO5S2/c1-6-19-16-22(37(33,34)18(2)3)10-11-24(19)25(32)31-14-12-20(13-15-31)26(4,5)38(35,36)23-9-7-8-21(17-23)27(28,29)30/h6-11,16-18,20H,1,12-15H2,2-5H3. The van der Waals surface area contributed by atoms with Crippen molar-refractivity contribution in [3.05, 3.63) is 65.7 Å². The average Bonchev–Trinajstić information content (AvgIpc) is 2.87. The number of amides is 1. The van der Waals surface area contributed by atoms with Crippen molar-refractivity contribution in [3.8, 4) is 0 Å². The highest BCUT2D eigenvalue weighted by Gasteiger charge is 2.45. The van der Waals surface area contributed by atoms with E-state index < -0.39 is 47.3 Å². The van der Waals surface area contributed by atoms with E-state index in [2.05, 4.69) is 6.58 Å². The summed E-state index contributed by atoms with van der Waals surface area (Å²) in [5.74, 6) is -0.728. The molecule has 2 aromatic rings. The van der Waals surface area contributed by atoms with Gasteiger partial charge in [-0.3, -0.25) is 4.79 Å². The Bertz CT molecular complexity index is 1440. The maximum absolute atomic E-state index is 13.4. The Hall–Kier alpha value is -2.66. The van der Waals surface area contributed by atoms with Gasteiger partial charge in [0.05, 0.1) is 25.4 Å². The van der Waals surface area contributed by atoms with E-state index in [4.69, 9.17) is 0 Å². The zero-order valence-corrected chi connectivity index (χ0v) is 23.4. The third-order valence-electron chi connectivity index (χ3n) is 7.35. The molecule has 6 nitrogen and oxygen atoms in total. The molecular weight excluding hydrogens is 539 g/mol. The quantitative estimate of drug-likeness (QED) is 0.430. The molecule has 0 spiro atoms. The topological polar surface area (TPSA) is 88.6 Å². The fourth-order valence-corrected chi connectivity index (χ4v) is 7.58. The first-order chi connectivity index (χ1) is 17.4. The van der Waals surface area contributed by atoms with Crippen molar-refractivity contribution in [1.82, 2.24) is 4.90 Å². The fraction of sp³-hybridized carbons (Fsp3) is 0.444. The minimum absolute atomic E-state index is 0.0965. The van der Waals surface area contributed by atoms with Crippen molar-refractivity contribution < 1.29 is 34.8 Å². The minimum atomic E-state index is -4.66. The molecular formula is C27H32F3NO5S2. The number of nitrogens with zero attached hydrogens (tertiary/aromatic N) is 1. The van der Waals surface area contributed by atoms with Crippen LogP contribution in [0.15, 0.2) is 58.8 Å². The Balaban J connectivity index is 1.80. The van der Waals surface area contributed by atoms with Gasteiger partial charge in [-0.05, 0) is 88.4 Å². The van der Waals surface area contributed by atoms with Crippen molar-refractivity contribution in [2.24, 2.45) is 5.92 Å². The number of alkyl halides is 3. The van der Waals surface area contributed by atoms with Gasteiger partial charge >= 0.3 is 6.18 Å². The minimum Gasteiger partial charge on any atom is -0.339 e. The molecule has 11 heteroatoms. The van der Waals surface area contributed by atoms with E-state index in [0.717, 1.165) is 12.1 Å². The second-order valence-corrected chi connectivity index (χ2v) is 15.3. The number of benzene rings is 2. The van der Waals surface area contributed by atoms with Crippen LogP contribution < -0.4 is 0 Å². The number of halogens is 3. The van der Waals surface area contributed by atoms with Gasteiger partial charge in [0.15, 0.2) is 19.7 Å². The molecule has 2 aromatic carbocycles. The van der Waals surface area contributed by atoms with Crippen LogP contribution in [0.3, 0.4) is 0 Å². The molecule has 1 heterocycles. The Morgan fingerprint density at radius 1 is 1.00 bits per heavy atom. The fourth-order valence-electron chi connectivity index (χ4n) is 4.66. The zero-order valence-electron chi connectivity index (χ0n) is 21.7. The maximum Gasteiger partial charge on any atom is 0.416 e. The van der Waals surface area contributed by atoms with Gasteiger partial charge < -0.3 is 4.90 Å². The van der Waals surface area contributed by atoms with Gasteiger partial charge in [-0.2, -0.15) is 13.2 Å². The van der Waals surface area contributed by atoms with E-state index >= 15 is 0 Å². The van der Waals surface area contributed by atoms with Crippen molar-refractivity contribution in [3.63, 3.8) is 0 Å². The number of rotatable bonds is 7.